The number of hydrogen-bond acceptors (Lipinski definition) is 3. The fraction of sp³-hybridized carbons (Fsp3) is 1.00. The molecule has 0 saturated carbocycles. The Morgan fingerprint density at radius 1 is 1.40 bits per heavy atom. The van der Waals surface area contributed by atoms with Gasteiger partial charge < -0.3 is 14.7 Å². The van der Waals surface area contributed by atoms with Crippen molar-refractivity contribution in [3.05, 3.63) is 0 Å². The van der Waals surface area contributed by atoms with Crippen molar-refractivity contribution in [3.8, 4) is 0 Å². The topological polar surface area (TPSA) is 32.7 Å². The third-order valence-corrected chi connectivity index (χ3v) is 3.08. The number of rotatable bonds is 6. The zero-order chi connectivity index (χ0) is 11.1. The van der Waals surface area contributed by atoms with E-state index >= 15 is 0 Å². The van der Waals surface area contributed by atoms with Crippen LogP contribution in [0.15, 0.2) is 0 Å². The normalized spacial score (nSPS) is 25.4. The Morgan fingerprint density at radius 2 is 2.20 bits per heavy atom. The van der Waals surface area contributed by atoms with E-state index in [1.807, 2.05) is 0 Å². The number of morpholine rings is 1. The van der Waals surface area contributed by atoms with Gasteiger partial charge in [-0.3, -0.25) is 0 Å². The molecular formula is C12H25NO2. The quantitative estimate of drug-likeness (QED) is 0.684. The highest BCUT2D eigenvalue weighted by Gasteiger charge is 2.24. The second kappa shape index (κ2) is 7.20. The van der Waals surface area contributed by atoms with E-state index in [0.29, 0.717) is 0 Å². The minimum absolute atomic E-state index is 0.0328. The first-order chi connectivity index (χ1) is 7.24. The van der Waals surface area contributed by atoms with E-state index in [9.17, 15) is 5.11 Å². The summed E-state index contributed by atoms with van der Waals surface area (Å²) >= 11 is 0. The molecule has 90 valence electrons. The van der Waals surface area contributed by atoms with Gasteiger partial charge in [0, 0.05) is 13.1 Å². The molecule has 0 aromatic heterocycles. The maximum atomic E-state index is 9.94. The van der Waals surface area contributed by atoms with Gasteiger partial charge in [0.05, 0.1) is 18.8 Å². The highest BCUT2D eigenvalue weighted by atomic mass is 16.5. The summed E-state index contributed by atoms with van der Waals surface area (Å²) in [5.41, 5.74) is 0. The van der Waals surface area contributed by atoms with Gasteiger partial charge in [-0.25, -0.2) is 0 Å². The third kappa shape index (κ3) is 4.96. The minimum Gasteiger partial charge on any atom is -0.390 e. The first-order valence-corrected chi connectivity index (χ1v) is 6.22. The van der Waals surface area contributed by atoms with E-state index in [4.69, 9.17) is 4.74 Å². The molecule has 2 unspecified atom stereocenters. The number of hydrogen-bond donors (Lipinski definition) is 1. The van der Waals surface area contributed by atoms with Crippen LogP contribution in [0.25, 0.3) is 0 Å². The summed E-state index contributed by atoms with van der Waals surface area (Å²) in [4.78, 5) is 2.23. The molecule has 0 aliphatic carbocycles. The predicted octanol–water partition coefficient (Wildman–Crippen LogP) is 1.65. The molecule has 0 aromatic rings. The number of aliphatic hydroxyl groups is 1. The predicted molar refractivity (Wildman–Crippen MR) is 62.0 cm³/mol. The van der Waals surface area contributed by atoms with Gasteiger partial charge >= 0.3 is 0 Å². The first kappa shape index (κ1) is 12.9. The molecule has 15 heavy (non-hydrogen) atoms. The molecule has 0 spiro atoms. The smallest absolute Gasteiger partial charge is 0.0960 e. The SMILES string of the molecule is CCCCCCC(O)C1CN(C)CCO1. The van der Waals surface area contributed by atoms with Gasteiger partial charge in [0.25, 0.3) is 0 Å². The number of likely N-dealkylation sites (N-methyl/N-ethyl adjacent to an activating group) is 1. The molecule has 1 rings (SSSR count). The van der Waals surface area contributed by atoms with Crippen LogP contribution in [0, 0.1) is 0 Å². The molecule has 1 fully saturated rings. The van der Waals surface area contributed by atoms with Gasteiger partial charge in [-0.05, 0) is 13.5 Å². The second-order valence-electron chi connectivity index (χ2n) is 4.59. The molecule has 2 atom stereocenters. The van der Waals surface area contributed by atoms with Gasteiger partial charge in [-0.1, -0.05) is 32.6 Å². The Morgan fingerprint density at radius 3 is 2.87 bits per heavy atom. The van der Waals surface area contributed by atoms with Crippen LogP contribution in [0.3, 0.4) is 0 Å². The lowest BCUT2D eigenvalue weighted by Gasteiger charge is -2.32. The zero-order valence-electron chi connectivity index (χ0n) is 10.1. The van der Waals surface area contributed by atoms with E-state index < -0.39 is 0 Å². The van der Waals surface area contributed by atoms with Crippen LogP contribution >= 0.6 is 0 Å². The molecule has 1 N–H and O–H groups in total. The van der Waals surface area contributed by atoms with Crippen LogP contribution in [0.2, 0.25) is 0 Å². The molecule has 3 nitrogen and oxygen atoms in total. The average Bonchev–Trinajstić information content (AvgIpc) is 2.24. The molecular weight excluding hydrogens is 190 g/mol. The fourth-order valence-electron chi connectivity index (χ4n) is 2.01. The molecule has 0 radical (unpaired) electrons. The van der Waals surface area contributed by atoms with E-state index in [0.717, 1.165) is 32.5 Å². The standard InChI is InChI=1S/C12H25NO2/c1-3-4-5-6-7-11(14)12-10-13(2)8-9-15-12/h11-12,14H,3-10H2,1-2H3. The van der Waals surface area contributed by atoms with Crippen molar-refractivity contribution in [2.75, 3.05) is 26.7 Å². The zero-order valence-corrected chi connectivity index (χ0v) is 10.1. The van der Waals surface area contributed by atoms with Crippen molar-refractivity contribution in [2.45, 2.75) is 51.2 Å². The Kier molecular flexibility index (Phi) is 6.22. The van der Waals surface area contributed by atoms with Gasteiger partial charge in [-0.15, -0.1) is 0 Å². The van der Waals surface area contributed by atoms with E-state index in [1.54, 1.807) is 0 Å². The summed E-state index contributed by atoms with van der Waals surface area (Å²) in [6.07, 6.45) is 5.53. The summed E-state index contributed by atoms with van der Waals surface area (Å²) in [6, 6.07) is 0. The first-order valence-electron chi connectivity index (χ1n) is 6.22. The van der Waals surface area contributed by atoms with Crippen molar-refractivity contribution in [1.29, 1.82) is 0 Å². The van der Waals surface area contributed by atoms with Crippen LogP contribution < -0.4 is 0 Å². The summed E-state index contributed by atoms with van der Waals surface area (Å²) in [6.45, 7) is 4.82. The number of nitrogens with zero attached hydrogens (tertiary/aromatic N) is 1. The molecule has 0 aromatic carbocycles. The number of ether oxygens (including phenoxy) is 1. The summed E-state index contributed by atoms with van der Waals surface area (Å²) in [5, 5.41) is 9.94. The van der Waals surface area contributed by atoms with Gasteiger partial charge in [-0.2, -0.15) is 0 Å². The fourth-order valence-corrected chi connectivity index (χ4v) is 2.01. The minimum atomic E-state index is -0.274. The maximum absolute atomic E-state index is 9.94. The Hall–Kier alpha value is -0.120. The summed E-state index contributed by atoms with van der Waals surface area (Å²) < 4.78 is 5.58. The lowest BCUT2D eigenvalue weighted by molar-refractivity contribution is -0.0854. The van der Waals surface area contributed by atoms with Crippen molar-refractivity contribution in [3.63, 3.8) is 0 Å². The van der Waals surface area contributed by atoms with Crippen LogP contribution in [0.5, 0.6) is 0 Å². The van der Waals surface area contributed by atoms with Crippen molar-refractivity contribution in [1.82, 2.24) is 4.90 Å². The Balaban J connectivity index is 2.12. The average molecular weight is 215 g/mol. The van der Waals surface area contributed by atoms with Crippen molar-refractivity contribution < 1.29 is 9.84 Å². The lowest BCUT2D eigenvalue weighted by atomic mass is 10.0. The molecule has 0 amide bonds. The highest BCUT2D eigenvalue weighted by molar-refractivity contribution is 4.76. The Bertz CT molecular complexity index is 164. The second-order valence-corrected chi connectivity index (χ2v) is 4.59. The molecule has 1 heterocycles. The molecule has 3 heteroatoms. The largest absolute Gasteiger partial charge is 0.390 e. The van der Waals surface area contributed by atoms with Crippen molar-refractivity contribution in [2.24, 2.45) is 0 Å². The van der Waals surface area contributed by atoms with Gasteiger partial charge in [0.15, 0.2) is 0 Å². The van der Waals surface area contributed by atoms with Gasteiger partial charge in [0.1, 0.15) is 0 Å². The van der Waals surface area contributed by atoms with E-state index in [2.05, 4.69) is 18.9 Å². The third-order valence-electron chi connectivity index (χ3n) is 3.08. The number of aliphatic hydroxyl groups excluding tert-OH is 1. The van der Waals surface area contributed by atoms with Crippen molar-refractivity contribution >= 4 is 0 Å². The number of unbranched alkanes of at least 4 members (excludes halogenated alkanes) is 3. The highest BCUT2D eigenvalue weighted by Crippen LogP contribution is 2.13. The maximum Gasteiger partial charge on any atom is 0.0960 e. The van der Waals surface area contributed by atoms with E-state index in [1.165, 1.54) is 19.3 Å². The molecule has 1 saturated heterocycles. The molecule has 1 aliphatic heterocycles. The van der Waals surface area contributed by atoms with Crippen LogP contribution in [0.1, 0.15) is 39.0 Å². The van der Waals surface area contributed by atoms with Crippen LogP contribution in [-0.2, 0) is 4.74 Å². The summed E-state index contributed by atoms with van der Waals surface area (Å²) in [5.74, 6) is 0. The van der Waals surface area contributed by atoms with Gasteiger partial charge in [0.2, 0.25) is 0 Å². The Labute approximate surface area is 93.4 Å². The molecule has 1 aliphatic rings. The lowest BCUT2D eigenvalue weighted by Crippen LogP contribution is -2.45. The van der Waals surface area contributed by atoms with Crippen LogP contribution in [0.4, 0.5) is 0 Å². The molecule has 0 bridgehead atoms. The van der Waals surface area contributed by atoms with E-state index in [-0.39, 0.29) is 12.2 Å². The van der Waals surface area contributed by atoms with Crippen LogP contribution in [-0.4, -0.2) is 49.0 Å². The summed E-state index contributed by atoms with van der Waals surface area (Å²) in [7, 11) is 2.08. The monoisotopic (exact) mass is 215 g/mol.